The first kappa shape index (κ1) is 26.1. The van der Waals surface area contributed by atoms with Crippen molar-refractivity contribution in [2.45, 2.75) is 13.8 Å². The van der Waals surface area contributed by atoms with Crippen LogP contribution in [0.1, 0.15) is 28.4 Å². The fraction of sp³-hybridized carbons (Fsp3) is 0.192. The summed E-state index contributed by atoms with van der Waals surface area (Å²) >= 11 is 7.35. The minimum Gasteiger partial charge on any atom is -0.506 e. The molecule has 0 fully saturated rings. The molecule has 0 atom stereocenters. The predicted octanol–water partition coefficient (Wildman–Crippen LogP) is 5.92. The van der Waals surface area contributed by atoms with Gasteiger partial charge in [0, 0.05) is 5.56 Å². The molecule has 9 heteroatoms. The van der Waals surface area contributed by atoms with Crippen LogP contribution >= 0.6 is 23.4 Å². The Bertz CT molecular complexity index is 1250. The van der Waals surface area contributed by atoms with Gasteiger partial charge in [-0.25, -0.2) is 9.79 Å². The fourth-order valence-corrected chi connectivity index (χ4v) is 4.39. The van der Waals surface area contributed by atoms with Gasteiger partial charge in [-0.05, 0) is 49.8 Å². The van der Waals surface area contributed by atoms with Gasteiger partial charge in [-0.2, -0.15) is 0 Å². The lowest BCUT2D eigenvalue weighted by atomic mass is 10.1. The molecule has 0 radical (unpaired) electrons. The van der Waals surface area contributed by atoms with E-state index in [1.165, 1.54) is 7.11 Å². The third-order valence-electron chi connectivity index (χ3n) is 4.77. The van der Waals surface area contributed by atoms with Crippen molar-refractivity contribution in [1.82, 2.24) is 0 Å². The highest BCUT2D eigenvalue weighted by Gasteiger charge is 2.34. The van der Waals surface area contributed by atoms with Gasteiger partial charge in [-0.3, -0.25) is 4.79 Å². The van der Waals surface area contributed by atoms with E-state index in [4.69, 9.17) is 25.8 Å². The molecule has 0 spiro atoms. The van der Waals surface area contributed by atoms with E-state index in [-0.39, 0.29) is 29.6 Å². The second kappa shape index (κ2) is 11.8. The van der Waals surface area contributed by atoms with Crippen LogP contribution in [0.3, 0.4) is 0 Å². The Kier molecular flexibility index (Phi) is 8.78. The Balaban J connectivity index is 2.02. The van der Waals surface area contributed by atoms with E-state index >= 15 is 0 Å². The third-order valence-corrected chi connectivity index (χ3v) is 6.07. The molecular weight excluding hydrogens is 490 g/mol. The minimum absolute atomic E-state index is 0.0433. The summed E-state index contributed by atoms with van der Waals surface area (Å²) in [5.74, 6) is -0.928. The number of carbonyl (C=O) groups excluding carboxylic acids is 2. The van der Waals surface area contributed by atoms with Crippen LogP contribution < -0.4 is 9.47 Å². The molecule has 1 aliphatic rings. The molecule has 1 aliphatic heterocycles. The summed E-state index contributed by atoms with van der Waals surface area (Å²) < 4.78 is 16.0. The molecule has 0 bridgehead atoms. The van der Waals surface area contributed by atoms with Crippen molar-refractivity contribution in [3.05, 3.63) is 87.0 Å². The number of aliphatic imine (C=N–C) groups is 1. The molecule has 3 rings (SSSR count). The number of nitrogens with zero attached hydrogens (tertiary/aromatic N) is 1. The maximum absolute atomic E-state index is 12.7. The first-order valence-corrected chi connectivity index (χ1v) is 11.8. The van der Waals surface area contributed by atoms with E-state index in [0.29, 0.717) is 32.6 Å². The second-order valence-electron chi connectivity index (χ2n) is 7.28. The van der Waals surface area contributed by atoms with Gasteiger partial charge in [-0.1, -0.05) is 53.7 Å². The largest absolute Gasteiger partial charge is 0.506 e. The maximum Gasteiger partial charge on any atom is 0.344 e. The molecule has 0 saturated carbocycles. The number of rotatable bonds is 8. The Morgan fingerprint density at radius 2 is 1.94 bits per heavy atom. The van der Waals surface area contributed by atoms with E-state index in [1.54, 1.807) is 55.5 Å². The summed E-state index contributed by atoms with van der Waals surface area (Å²) in [6.45, 7) is 7.50. The van der Waals surface area contributed by atoms with Crippen LogP contribution in [0.15, 0.2) is 70.3 Å². The van der Waals surface area contributed by atoms with Crippen LogP contribution in [0, 0.1) is 6.92 Å². The molecule has 0 aliphatic carbocycles. The van der Waals surface area contributed by atoms with Crippen LogP contribution in [0.5, 0.6) is 11.5 Å². The quantitative estimate of drug-likeness (QED) is 0.345. The Morgan fingerprint density at radius 1 is 1.23 bits per heavy atom. The van der Waals surface area contributed by atoms with Crippen LogP contribution in [0.4, 0.5) is 0 Å². The third kappa shape index (κ3) is 6.15. The van der Waals surface area contributed by atoms with E-state index in [9.17, 15) is 14.7 Å². The van der Waals surface area contributed by atoms with Gasteiger partial charge in [0.25, 0.3) is 5.91 Å². The van der Waals surface area contributed by atoms with E-state index in [0.717, 1.165) is 17.3 Å². The number of carbonyl (C=O) groups is 2. The Morgan fingerprint density at radius 3 is 2.57 bits per heavy atom. The van der Waals surface area contributed by atoms with Crippen molar-refractivity contribution in [2.24, 2.45) is 4.99 Å². The number of aliphatic hydroxyl groups excluding tert-OH is 1. The van der Waals surface area contributed by atoms with Gasteiger partial charge in [0.05, 0.1) is 23.6 Å². The molecular formula is C26H24ClNO6S. The van der Waals surface area contributed by atoms with Crippen molar-refractivity contribution in [1.29, 1.82) is 0 Å². The zero-order chi connectivity index (χ0) is 25.5. The van der Waals surface area contributed by atoms with Gasteiger partial charge in [0.15, 0.2) is 11.5 Å². The van der Waals surface area contributed by atoms with Gasteiger partial charge in [-0.15, -0.1) is 0 Å². The second-order valence-corrected chi connectivity index (χ2v) is 8.71. The normalized spacial score (nSPS) is 15.4. The number of benzene rings is 2. The highest BCUT2D eigenvalue weighted by molar-refractivity contribution is 8.18. The van der Waals surface area contributed by atoms with Crippen molar-refractivity contribution in [3.63, 3.8) is 0 Å². The Labute approximate surface area is 212 Å². The number of aliphatic hydroxyl groups is 1. The molecule has 2 aromatic carbocycles. The highest BCUT2D eigenvalue weighted by Crippen LogP contribution is 2.42. The molecule has 1 heterocycles. The topological polar surface area (TPSA) is 94.4 Å². The van der Waals surface area contributed by atoms with Crippen LogP contribution in [0.2, 0.25) is 5.02 Å². The maximum atomic E-state index is 12.7. The van der Waals surface area contributed by atoms with E-state index in [2.05, 4.69) is 11.6 Å². The van der Waals surface area contributed by atoms with E-state index in [1.807, 2.05) is 6.92 Å². The molecule has 1 amide bonds. The average molecular weight is 514 g/mol. The highest BCUT2D eigenvalue weighted by atomic mass is 35.5. The zero-order valence-corrected chi connectivity index (χ0v) is 21.0. The predicted molar refractivity (Wildman–Crippen MR) is 138 cm³/mol. The van der Waals surface area contributed by atoms with Crippen LogP contribution in [-0.2, 0) is 9.53 Å². The van der Waals surface area contributed by atoms with Crippen molar-refractivity contribution in [2.75, 3.05) is 20.3 Å². The monoisotopic (exact) mass is 513 g/mol. The standard InChI is InChI=1S/C26H24ClNO6S/c1-5-11-34-23-18(27)12-16(13-19(23)32-4)14-20-22(29)21(26(31)33-6-2)25(35-20)28-24(30)17-9-7-15(3)8-10-17/h5,7-10,12-14,29H,1,6,11H2,2-4H3/b20-14-,28-25?. The molecule has 0 unspecified atom stereocenters. The Hall–Kier alpha value is -3.49. The summed E-state index contributed by atoms with van der Waals surface area (Å²) in [5, 5.41) is 11.2. The van der Waals surface area contributed by atoms with Crippen molar-refractivity contribution < 1.29 is 28.9 Å². The summed E-state index contributed by atoms with van der Waals surface area (Å²) in [6, 6.07) is 10.2. The fourth-order valence-electron chi connectivity index (χ4n) is 3.10. The SMILES string of the molecule is C=CCOc1c(Cl)cc(/C=C2\SC(=NC(=O)c3ccc(C)cc3)C(C(=O)OCC)=C2O)cc1OC. The smallest absolute Gasteiger partial charge is 0.344 e. The number of esters is 1. The van der Waals surface area contributed by atoms with Gasteiger partial charge in [0.1, 0.15) is 23.0 Å². The number of aryl methyl sites for hydroxylation is 1. The van der Waals surface area contributed by atoms with E-state index < -0.39 is 11.9 Å². The molecule has 2 aromatic rings. The van der Waals surface area contributed by atoms with Crippen molar-refractivity contribution >= 4 is 46.4 Å². The molecule has 182 valence electrons. The molecule has 0 saturated heterocycles. The average Bonchev–Trinajstić information content (AvgIpc) is 3.12. The zero-order valence-electron chi connectivity index (χ0n) is 19.5. The van der Waals surface area contributed by atoms with Crippen LogP contribution in [0.25, 0.3) is 6.08 Å². The van der Waals surface area contributed by atoms with Gasteiger partial charge >= 0.3 is 5.97 Å². The number of hydrogen-bond donors (Lipinski definition) is 1. The summed E-state index contributed by atoms with van der Waals surface area (Å²) in [6.07, 6.45) is 3.18. The minimum atomic E-state index is -0.778. The molecule has 35 heavy (non-hydrogen) atoms. The number of thioether (sulfide) groups is 1. The van der Waals surface area contributed by atoms with Crippen molar-refractivity contribution in [3.8, 4) is 11.5 Å². The first-order chi connectivity index (χ1) is 16.8. The molecule has 0 aromatic heterocycles. The lowest BCUT2D eigenvalue weighted by molar-refractivity contribution is -0.138. The number of methoxy groups -OCH3 is 1. The molecule has 1 N–H and O–H groups in total. The number of halogens is 1. The van der Waals surface area contributed by atoms with Gasteiger partial charge < -0.3 is 19.3 Å². The lowest BCUT2D eigenvalue weighted by Crippen LogP contribution is -2.14. The lowest BCUT2D eigenvalue weighted by Gasteiger charge is -2.12. The number of ether oxygens (including phenoxy) is 3. The summed E-state index contributed by atoms with van der Waals surface area (Å²) in [4.78, 5) is 29.7. The first-order valence-electron chi connectivity index (χ1n) is 10.6. The summed E-state index contributed by atoms with van der Waals surface area (Å²) in [7, 11) is 1.48. The van der Waals surface area contributed by atoms with Gasteiger partial charge in [0.2, 0.25) is 0 Å². The summed E-state index contributed by atoms with van der Waals surface area (Å²) in [5.41, 5.74) is 1.75. The number of amides is 1. The number of hydrogen-bond acceptors (Lipinski definition) is 7. The van der Waals surface area contributed by atoms with Crippen LogP contribution in [-0.4, -0.2) is 42.4 Å². The molecule has 7 nitrogen and oxygen atoms in total.